The summed E-state index contributed by atoms with van der Waals surface area (Å²) in [7, 11) is 1.59. The molecule has 1 saturated heterocycles. The number of methoxy groups -OCH3 is 1. The highest BCUT2D eigenvalue weighted by molar-refractivity contribution is 5.79. The van der Waals surface area contributed by atoms with Crippen molar-refractivity contribution in [2.45, 2.75) is 32.2 Å². The number of ether oxygens (including phenoxy) is 1. The van der Waals surface area contributed by atoms with E-state index in [-0.39, 0.29) is 36.7 Å². The number of carboxylic acid groups (broad SMARTS) is 1. The van der Waals surface area contributed by atoms with Crippen molar-refractivity contribution in [1.29, 1.82) is 0 Å². The third-order valence-electron chi connectivity index (χ3n) is 6.48. The summed E-state index contributed by atoms with van der Waals surface area (Å²) in [6.45, 7) is 3.68. The molecule has 12 nitrogen and oxygen atoms in total. The molecule has 2 aliphatic rings. The number of hydrogen-bond donors (Lipinski definition) is 5. The summed E-state index contributed by atoms with van der Waals surface area (Å²) >= 11 is 0. The smallest absolute Gasteiger partial charge is 0.290 e. The zero-order valence-electron chi connectivity index (χ0n) is 18.5. The molecule has 2 aromatic rings. The van der Waals surface area contributed by atoms with Crippen molar-refractivity contribution in [2.75, 3.05) is 20.2 Å². The maximum absolute atomic E-state index is 13.0. The van der Waals surface area contributed by atoms with Gasteiger partial charge in [-0.25, -0.2) is 9.97 Å². The first-order valence-corrected chi connectivity index (χ1v) is 10.7. The van der Waals surface area contributed by atoms with Crippen molar-refractivity contribution >= 4 is 12.4 Å². The standard InChI is InChI=1S/C20H28N6O4.CH2O2/c1-11-16(19(29)22-6-15-23-10-24-25-15)13-8-26(9-14(13)18(28)17(11)27)7-12-4-3-5-21-20(12)30-2;2-1-3/h3-5,10-11,13-14,16-18,27-28H,6-9H2,1-2H3,(H,22,29)(H,23,24,25);1H,(H,2,3)/t11-,13+,14+,16+,17+,18+;/m1./s1. The number of rotatable bonds is 6. The predicted octanol–water partition coefficient (Wildman–Crippen LogP) is -0.739. The zero-order chi connectivity index (χ0) is 24.0. The minimum Gasteiger partial charge on any atom is -0.483 e. The molecule has 2 aromatic heterocycles. The highest BCUT2D eigenvalue weighted by Crippen LogP contribution is 2.44. The maximum atomic E-state index is 13.0. The topological polar surface area (TPSA) is 174 Å². The lowest BCUT2D eigenvalue weighted by Crippen LogP contribution is -2.55. The summed E-state index contributed by atoms with van der Waals surface area (Å²) in [6, 6.07) is 3.82. The number of aromatic amines is 1. The number of H-pyrrole nitrogens is 1. The Labute approximate surface area is 191 Å². The van der Waals surface area contributed by atoms with Crippen LogP contribution in [0.5, 0.6) is 5.88 Å². The number of carbonyl (C=O) groups is 2. The number of nitrogens with zero attached hydrogens (tertiary/aromatic N) is 4. The molecule has 33 heavy (non-hydrogen) atoms. The van der Waals surface area contributed by atoms with Crippen LogP contribution in [0.4, 0.5) is 0 Å². The lowest BCUT2D eigenvalue weighted by atomic mass is 9.65. The Bertz CT molecular complexity index is 912. The number of likely N-dealkylation sites (tertiary alicyclic amines) is 1. The van der Waals surface area contributed by atoms with Crippen LogP contribution in [0.3, 0.4) is 0 Å². The van der Waals surface area contributed by atoms with Crippen LogP contribution in [-0.4, -0.2) is 85.2 Å². The van der Waals surface area contributed by atoms with E-state index in [1.54, 1.807) is 13.3 Å². The average Bonchev–Trinajstić information content (AvgIpc) is 3.47. The van der Waals surface area contributed by atoms with Crippen molar-refractivity contribution in [2.24, 2.45) is 23.7 Å². The number of aliphatic hydroxyl groups is 2. The molecule has 12 heteroatoms. The number of carbonyl (C=O) groups excluding carboxylic acids is 1. The van der Waals surface area contributed by atoms with Crippen LogP contribution in [0.1, 0.15) is 18.3 Å². The monoisotopic (exact) mass is 462 g/mol. The summed E-state index contributed by atoms with van der Waals surface area (Å²) in [6.07, 6.45) is 1.27. The van der Waals surface area contributed by atoms with Gasteiger partial charge in [0.25, 0.3) is 6.47 Å². The van der Waals surface area contributed by atoms with E-state index in [9.17, 15) is 15.0 Å². The SMILES string of the molecule is COc1ncccc1CN1C[C@@H]2[C@H](O)[C@@H](O)[C@H](C)[C@H](C(=O)NCc3ncn[nH]3)[C@H]2C1.O=CO. The number of hydrogen-bond acceptors (Lipinski definition) is 9. The van der Waals surface area contributed by atoms with Crippen molar-refractivity contribution in [3.63, 3.8) is 0 Å². The summed E-state index contributed by atoms with van der Waals surface area (Å²) < 4.78 is 5.35. The van der Waals surface area contributed by atoms with Gasteiger partial charge >= 0.3 is 0 Å². The van der Waals surface area contributed by atoms with E-state index < -0.39 is 18.1 Å². The molecule has 5 N–H and O–H groups in total. The Morgan fingerprint density at radius 3 is 2.70 bits per heavy atom. The third kappa shape index (κ3) is 5.46. The van der Waals surface area contributed by atoms with E-state index in [0.29, 0.717) is 31.3 Å². The minimum absolute atomic E-state index is 0.0595. The molecule has 4 rings (SSSR count). The van der Waals surface area contributed by atoms with E-state index in [1.807, 2.05) is 19.1 Å². The van der Waals surface area contributed by atoms with Gasteiger partial charge in [-0.05, 0) is 17.9 Å². The fraction of sp³-hybridized carbons (Fsp3) is 0.571. The fourth-order valence-electron chi connectivity index (χ4n) is 4.99. The van der Waals surface area contributed by atoms with E-state index in [4.69, 9.17) is 14.6 Å². The molecular weight excluding hydrogens is 432 g/mol. The Balaban J connectivity index is 0.000000968. The van der Waals surface area contributed by atoms with Gasteiger partial charge in [0.05, 0.1) is 25.9 Å². The molecule has 1 amide bonds. The molecule has 0 spiro atoms. The maximum Gasteiger partial charge on any atom is 0.290 e. The molecule has 0 bridgehead atoms. The van der Waals surface area contributed by atoms with Gasteiger partial charge in [-0.2, -0.15) is 5.10 Å². The first-order chi connectivity index (χ1) is 15.9. The van der Waals surface area contributed by atoms with Crippen LogP contribution in [0.2, 0.25) is 0 Å². The van der Waals surface area contributed by atoms with E-state index in [0.717, 1.165) is 5.56 Å². The summed E-state index contributed by atoms with van der Waals surface area (Å²) in [5.74, 6) is 0.000608. The number of aromatic nitrogens is 4. The Morgan fingerprint density at radius 1 is 1.30 bits per heavy atom. The van der Waals surface area contributed by atoms with Crippen molar-refractivity contribution in [1.82, 2.24) is 30.4 Å². The Morgan fingerprint density at radius 2 is 2.03 bits per heavy atom. The molecule has 180 valence electrons. The van der Waals surface area contributed by atoms with E-state index >= 15 is 0 Å². The first-order valence-electron chi connectivity index (χ1n) is 10.7. The van der Waals surface area contributed by atoms with Crippen molar-refractivity contribution in [3.05, 3.63) is 36.0 Å². The van der Waals surface area contributed by atoms with Gasteiger partial charge in [0.15, 0.2) is 0 Å². The van der Waals surface area contributed by atoms with Crippen LogP contribution in [0.25, 0.3) is 0 Å². The number of aliphatic hydroxyl groups excluding tert-OH is 2. The van der Waals surface area contributed by atoms with Gasteiger partial charge in [0.2, 0.25) is 11.8 Å². The second-order valence-electron chi connectivity index (χ2n) is 8.32. The first kappa shape index (κ1) is 24.6. The summed E-state index contributed by atoms with van der Waals surface area (Å²) in [5.41, 5.74) is 0.952. The molecule has 0 unspecified atom stereocenters. The number of amides is 1. The predicted molar refractivity (Wildman–Crippen MR) is 115 cm³/mol. The van der Waals surface area contributed by atoms with E-state index in [2.05, 4.69) is 30.4 Å². The molecule has 1 aliphatic heterocycles. The van der Waals surface area contributed by atoms with Crippen LogP contribution < -0.4 is 10.1 Å². The Hall–Kier alpha value is -3.09. The van der Waals surface area contributed by atoms with Gasteiger partial charge < -0.3 is 25.4 Å². The molecule has 0 radical (unpaired) electrons. The van der Waals surface area contributed by atoms with Gasteiger partial charge in [0.1, 0.15) is 12.2 Å². The highest BCUT2D eigenvalue weighted by atomic mass is 16.5. The largest absolute Gasteiger partial charge is 0.483 e. The van der Waals surface area contributed by atoms with Crippen LogP contribution in [0.15, 0.2) is 24.7 Å². The van der Waals surface area contributed by atoms with Crippen LogP contribution >= 0.6 is 0 Å². The molecule has 2 fully saturated rings. The van der Waals surface area contributed by atoms with Gasteiger partial charge in [-0.1, -0.05) is 13.0 Å². The molecule has 1 saturated carbocycles. The van der Waals surface area contributed by atoms with Crippen molar-refractivity contribution in [3.8, 4) is 5.88 Å². The lowest BCUT2D eigenvalue weighted by Gasteiger charge is -2.43. The van der Waals surface area contributed by atoms with Crippen LogP contribution in [0, 0.1) is 23.7 Å². The fourth-order valence-corrected chi connectivity index (χ4v) is 4.99. The minimum atomic E-state index is -0.944. The van der Waals surface area contributed by atoms with Crippen LogP contribution in [-0.2, 0) is 22.7 Å². The second-order valence-corrected chi connectivity index (χ2v) is 8.32. The molecular formula is C21H30N6O6. The highest BCUT2D eigenvalue weighted by Gasteiger charge is 2.53. The lowest BCUT2D eigenvalue weighted by molar-refractivity contribution is -0.146. The normalized spacial score (nSPS) is 28.8. The van der Waals surface area contributed by atoms with E-state index in [1.165, 1.54) is 6.33 Å². The van der Waals surface area contributed by atoms with Gasteiger partial charge in [0, 0.05) is 43.2 Å². The second kappa shape index (κ2) is 11.2. The molecule has 1 aliphatic carbocycles. The number of fused-ring (bicyclic) bond motifs is 1. The zero-order valence-corrected chi connectivity index (χ0v) is 18.5. The summed E-state index contributed by atoms with van der Waals surface area (Å²) in [5, 5.41) is 37.6. The molecule has 0 aromatic carbocycles. The third-order valence-corrected chi connectivity index (χ3v) is 6.48. The van der Waals surface area contributed by atoms with Gasteiger partial charge in [-0.3, -0.25) is 19.6 Å². The van der Waals surface area contributed by atoms with Gasteiger partial charge in [-0.15, -0.1) is 0 Å². The molecule has 3 heterocycles. The average molecular weight is 463 g/mol. The summed E-state index contributed by atoms with van der Waals surface area (Å²) in [4.78, 5) is 31.9. The van der Waals surface area contributed by atoms with Crippen molar-refractivity contribution < 1.29 is 29.6 Å². The number of nitrogens with one attached hydrogen (secondary N) is 2. The quantitative estimate of drug-likeness (QED) is 0.344. The molecule has 6 atom stereocenters. The number of pyridine rings is 1. The Kier molecular flexibility index (Phi) is 8.31.